The highest BCUT2D eigenvalue weighted by Gasteiger charge is 2.44. The van der Waals surface area contributed by atoms with Crippen molar-refractivity contribution in [2.24, 2.45) is 5.41 Å². The molecule has 1 aliphatic heterocycles. The molecule has 1 spiro atoms. The predicted octanol–water partition coefficient (Wildman–Crippen LogP) is 2.85. The molecule has 1 saturated carbocycles. The van der Waals surface area contributed by atoms with Gasteiger partial charge in [-0.3, -0.25) is 4.79 Å². The monoisotopic (exact) mass is 322 g/mol. The standard InChI is InChI=1S/C19H22N4O/c1-22(2)13-3-4-16-14(11-13)17(15(12-20)18(24)21-16)23-9-7-19(5-6-19)8-10-23/h3-4,11H,5-10H2,1-2H3,(H,21,24). The van der Waals surface area contributed by atoms with E-state index in [0.29, 0.717) is 5.41 Å². The maximum Gasteiger partial charge on any atom is 0.268 e. The van der Waals surface area contributed by atoms with Gasteiger partial charge in [-0.2, -0.15) is 5.26 Å². The molecule has 5 nitrogen and oxygen atoms in total. The van der Waals surface area contributed by atoms with E-state index in [9.17, 15) is 10.1 Å². The number of nitrogens with zero attached hydrogens (tertiary/aromatic N) is 3. The Hall–Kier alpha value is -2.48. The first-order chi connectivity index (χ1) is 11.5. The second kappa shape index (κ2) is 5.27. The average Bonchev–Trinajstić information content (AvgIpc) is 3.33. The Bertz CT molecular complexity index is 892. The number of nitriles is 1. The van der Waals surface area contributed by atoms with Crippen LogP contribution >= 0.6 is 0 Å². The third-order valence-electron chi connectivity index (χ3n) is 5.70. The lowest BCUT2D eigenvalue weighted by Gasteiger charge is -2.35. The van der Waals surface area contributed by atoms with Crippen molar-refractivity contribution in [2.45, 2.75) is 25.7 Å². The van der Waals surface area contributed by atoms with Crippen LogP contribution in [0.5, 0.6) is 0 Å². The van der Waals surface area contributed by atoms with Gasteiger partial charge in [-0.05, 0) is 49.3 Å². The van der Waals surface area contributed by atoms with Crippen LogP contribution in [0.2, 0.25) is 0 Å². The summed E-state index contributed by atoms with van der Waals surface area (Å²) in [5.41, 5.74) is 3.20. The lowest BCUT2D eigenvalue weighted by Crippen LogP contribution is -2.36. The van der Waals surface area contributed by atoms with E-state index in [1.165, 1.54) is 25.7 Å². The van der Waals surface area contributed by atoms with Crippen molar-refractivity contribution in [3.8, 4) is 6.07 Å². The molecule has 1 aromatic heterocycles. The van der Waals surface area contributed by atoms with Crippen LogP contribution in [0.3, 0.4) is 0 Å². The second-order valence-electron chi connectivity index (χ2n) is 7.40. The van der Waals surface area contributed by atoms with E-state index < -0.39 is 0 Å². The van der Waals surface area contributed by atoms with Crippen LogP contribution < -0.4 is 15.4 Å². The highest BCUT2D eigenvalue weighted by Crippen LogP contribution is 2.54. The minimum atomic E-state index is -0.288. The Morgan fingerprint density at radius 2 is 1.92 bits per heavy atom. The maximum atomic E-state index is 12.4. The van der Waals surface area contributed by atoms with Gasteiger partial charge in [-0.1, -0.05) is 0 Å². The van der Waals surface area contributed by atoms with Gasteiger partial charge in [0.05, 0.1) is 11.2 Å². The predicted molar refractivity (Wildman–Crippen MR) is 96.7 cm³/mol. The number of aromatic amines is 1. The third kappa shape index (κ3) is 2.34. The number of hydrogen-bond donors (Lipinski definition) is 1. The maximum absolute atomic E-state index is 12.4. The molecule has 124 valence electrons. The molecule has 0 atom stereocenters. The fourth-order valence-corrected chi connectivity index (χ4v) is 3.86. The number of fused-ring (bicyclic) bond motifs is 1. The first-order valence-electron chi connectivity index (χ1n) is 8.55. The molecule has 1 N–H and O–H groups in total. The van der Waals surface area contributed by atoms with E-state index >= 15 is 0 Å². The zero-order chi connectivity index (χ0) is 16.9. The van der Waals surface area contributed by atoms with E-state index in [4.69, 9.17) is 0 Å². The van der Waals surface area contributed by atoms with E-state index in [-0.39, 0.29) is 11.1 Å². The number of nitrogens with one attached hydrogen (secondary N) is 1. The number of anilines is 2. The third-order valence-corrected chi connectivity index (χ3v) is 5.70. The van der Waals surface area contributed by atoms with Crippen molar-refractivity contribution in [3.63, 3.8) is 0 Å². The van der Waals surface area contributed by atoms with Crippen LogP contribution in [-0.2, 0) is 0 Å². The number of hydrogen-bond acceptors (Lipinski definition) is 4. The zero-order valence-electron chi connectivity index (χ0n) is 14.2. The summed E-state index contributed by atoms with van der Waals surface area (Å²) < 4.78 is 0. The van der Waals surface area contributed by atoms with Gasteiger partial charge in [0, 0.05) is 38.3 Å². The Kier molecular flexibility index (Phi) is 3.31. The fraction of sp³-hybridized carbons (Fsp3) is 0.474. The number of pyridine rings is 1. The van der Waals surface area contributed by atoms with Gasteiger partial charge < -0.3 is 14.8 Å². The normalized spacial score (nSPS) is 18.6. The highest BCUT2D eigenvalue weighted by molar-refractivity contribution is 5.96. The molecule has 1 aliphatic carbocycles. The van der Waals surface area contributed by atoms with Gasteiger partial charge in [-0.25, -0.2) is 0 Å². The van der Waals surface area contributed by atoms with E-state index in [1.807, 2.05) is 31.1 Å². The van der Waals surface area contributed by atoms with Gasteiger partial charge in [0.25, 0.3) is 5.56 Å². The van der Waals surface area contributed by atoms with E-state index in [1.54, 1.807) is 0 Å². The van der Waals surface area contributed by atoms with Gasteiger partial charge in [-0.15, -0.1) is 0 Å². The summed E-state index contributed by atoms with van der Waals surface area (Å²) >= 11 is 0. The molecule has 0 amide bonds. The molecule has 2 fully saturated rings. The van der Waals surface area contributed by atoms with Crippen LogP contribution in [0.25, 0.3) is 10.9 Å². The smallest absolute Gasteiger partial charge is 0.268 e. The molecule has 0 unspecified atom stereocenters. The Morgan fingerprint density at radius 1 is 1.21 bits per heavy atom. The van der Waals surface area contributed by atoms with Crippen molar-refractivity contribution < 1.29 is 0 Å². The second-order valence-corrected chi connectivity index (χ2v) is 7.40. The summed E-state index contributed by atoms with van der Waals surface area (Å²) in [6, 6.07) is 8.13. The molecule has 2 aromatic rings. The van der Waals surface area contributed by atoms with Gasteiger partial charge in [0.1, 0.15) is 11.6 Å². The lowest BCUT2D eigenvalue weighted by atomic mass is 9.92. The molecule has 1 aromatic carbocycles. The zero-order valence-corrected chi connectivity index (χ0v) is 14.2. The summed E-state index contributed by atoms with van der Waals surface area (Å²) in [4.78, 5) is 19.5. The minimum absolute atomic E-state index is 0.241. The first kappa shape index (κ1) is 15.1. The SMILES string of the molecule is CN(C)c1ccc2[nH]c(=O)c(C#N)c(N3CCC4(CC3)CC4)c2c1. The molecule has 5 heteroatoms. The van der Waals surface area contributed by atoms with Crippen LogP contribution in [0.4, 0.5) is 11.4 Å². The van der Waals surface area contributed by atoms with Crippen molar-refractivity contribution in [3.05, 3.63) is 34.1 Å². The van der Waals surface area contributed by atoms with E-state index in [2.05, 4.69) is 22.0 Å². The summed E-state index contributed by atoms with van der Waals surface area (Å²) in [6.07, 6.45) is 5.01. The number of H-pyrrole nitrogens is 1. The summed E-state index contributed by atoms with van der Waals surface area (Å²) in [5, 5.41) is 10.5. The molecule has 24 heavy (non-hydrogen) atoms. The largest absolute Gasteiger partial charge is 0.378 e. The molecule has 4 rings (SSSR count). The van der Waals surface area contributed by atoms with Crippen LogP contribution in [0.1, 0.15) is 31.2 Å². The van der Waals surface area contributed by atoms with Crippen molar-refractivity contribution in [1.82, 2.24) is 4.98 Å². The van der Waals surface area contributed by atoms with E-state index in [0.717, 1.165) is 35.4 Å². The van der Waals surface area contributed by atoms with Crippen molar-refractivity contribution >= 4 is 22.3 Å². The molecule has 1 saturated heterocycles. The molecular weight excluding hydrogens is 300 g/mol. The van der Waals surface area contributed by atoms with Gasteiger partial charge in [0.2, 0.25) is 0 Å². The fourth-order valence-electron chi connectivity index (χ4n) is 3.86. The van der Waals surface area contributed by atoms with Crippen LogP contribution in [-0.4, -0.2) is 32.2 Å². The number of benzene rings is 1. The Labute approximate surface area is 141 Å². The number of rotatable bonds is 2. The topological polar surface area (TPSA) is 63.1 Å². The summed E-state index contributed by atoms with van der Waals surface area (Å²) in [5.74, 6) is 0. The molecular formula is C19H22N4O. The van der Waals surface area contributed by atoms with Crippen molar-refractivity contribution in [2.75, 3.05) is 37.0 Å². The summed E-state index contributed by atoms with van der Waals surface area (Å²) in [7, 11) is 3.99. The van der Waals surface area contributed by atoms with Gasteiger partial charge in [0.15, 0.2) is 0 Å². The van der Waals surface area contributed by atoms with Crippen molar-refractivity contribution in [1.29, 1.82) is 5.26 Å². The molecule has 2 heterocycles. The number of piperidine rings is 1. The quantitative estimate of drug-likeness (QED) is 0.923. The Balaban J connectivity index is 1.88. The average molecular weight is 322 g/mol. The number of aromatic nitrogens is 1. The summed E-state index contributed by atoms with van der Waals surface area (Å²) in [6.45, 7) is 1.86. The van der Waals surface area contributed by atoms with Gasteiger partial charge >= 0.3 is 0 Å². The highest BCUT2D eigenvalue weighted by atomic mass is 16.1. The van der Waals surface area contributed by atoms with Crippen LogP contribution in [0.15, 0.2) is 23.0 Å². The molecule has 2 aliphatic rings. The minimum Gasteiger partial charge on any atom is -0.378 e. The molecule has 0 radical (unpaired) electrons. The molecule has 0 bridgehead atoms. The van der Waals surface area contributed by atoms with Crippen LogP contribution in [0, 0.1) is 16.7 Å². The lowest BCUT2D eigenvalue weighted by molar-refractivity contribution is 0.385. The Morgan fingerprint density at radius 3 is 2.50 bits per heavy atom. The first-order valence-corrected chi connectivity index (χ1v) is 8.55.